The molecule has 184 valence electrons. The highest BCUT2D eigenvalue weighted by molar-refractivity contribution is 5.95. The third-order valence-corrected chi connectivity index (χ3v) is 6.92. The molecule has 3 heterocycles. The molecule has 1 aliphatic heterocycles. The number of carbonyl (C=O) groups is 1. The zero-order valence-corrected chi connectivity index (χ0v) is 20.3. The van der Waals surface area contributed by atoms with Crippen LogP contribution in [0.3, 0.4) is 0 Å². The van der Waals surface area contributed by atoms with Crippen molar-refractivity contribution in [1.82, 2.24) is 24.6 Å². The Bertz CT molecular complexity index is 1420. The van der Waals surface area contributed by atoms with Gasteiger partial charge in [0.05, 0.1) is 23.9 Å². The molecule has 8 nitrogen and oxygen atoms in total. The van der Waals surface area contributed by atoms with Crippen LogP contribution in [-0.2, 0) is 0 Å². The highest BCUT2D eigenvalue weighted by Gasteiger charge is 2.31. The molecule has 4 aromatic rings. The Hall–Kier alpha value is -4.01. The van der Waals surface area contributed by atoms with Crippen LogP contribution in [0.4, 0.5) is 10.2 Å². The van der Waals surface area contributed by atoms with Crippen LogP contribution in [0, 0.1) is 12.7 Å². The number of ether oxygens (including phenoxy) is 1. The number of piperazine rings is 1. The lowest BCUT2D eigenvalue weighted by Gasteiger charge is -2.36. The minimum absolute atomic E-state index is 0.0177. The van der Waals surface area contributed by atoms with E-state index in [2.05, 4.69) is 4.90 Å². The molecule has 0 atom stereocenters. The van der Waals surface area contributed by atoms with Crippen molar-refractivity contribution in [2.75, 3.05) is 38.2 Å². The minimum Gasteiger partial charge on any atom is -0.497 e. The van der Waals surface area contributed by atoms with Gasteiger partial charge in [0.2, 0.25) is 0 Å². The lowest BCUT2D eigenvalue weighted by molar-refractivity contribution is 0.0746. The first-order valence-electron chi connectivity index (χ1n) is 12.2. The normalized spacial score (nSPS) is 16.0. The molecule has 0 spiro atoms. The van der Waals surface area contributed by atoms with Gasteiger partial charge in [0.1, 0.15) is 23.2 Å². The molecule has 0 radical (unpaired) electrons. The minimum atomic E-state index is -0.289. The summed E-state index contributed by atoms with van der Waals surface area (Å²) in [7, 11) is 1.61. The van der Waals surface area contributed by atoms with E-state index in [0.29, 0.717) is 37.7 Å². The van der Waals surface area contributed by atoms with Crippen molar-refractivity contribution in [1.29, 1.82) is 0 Å². The van der Waals surface area contributed by atoms with Crippen LogP contribution in [0.1, 0.15) is 40.6 Å². The van der Waals surface area contributed by atoms with Gasteiger partial charge >= 0.3 is 0 Å². The molecule has 2 aromatic carbocycles. The summed E-state index contributed by atoms with van der Waals surface area (Å²) in [5.74, 6) is 2.52. The summed E-state index contributed by atoms with van der Waals surface area (Å²) >= 11 is 0. The van der Waals surface area contributed by atoms with Crippen molar-refractivity contribution >= 4 is 22.8 Å². The van der Waals surface area contributed by atoms with Crippen molar-refractivity contribution in [3.05, 3.63) is 71.4 Å². The number of anilines is 1. The van der Waals surface area contributed by atoms with E-state index in [1.54, 1.807) is 36.1 Å². The first-order valence-corrected chi connectivity index (χ1v) is 12.2. The van der Waals surface area contributed by atoms with Gasteiger partial charge in [-0.1, -0.05) is 0 Å². The molecule has 2 aromatic heterocycles. The van der Waals surface area contributed by atoms with E-state index < -0.39 is 0 Å². The molecule has 36 heavy (non-hydrogen) atoms. The molecule has 0 bridgehead atoms. The molecule has 6 rings (SSSR count). The summed E-state index contributed by atoms with van der Waals surface area (Å²) in [6, 6.07) is 13.5. The maximum atomic E-state index is 13.5. The number of halogens is 1. The maximum absolute atomic E-state index is 13.5. The van der Waals surface area contributed by atoms with Gasteiger partial charge in [-0.15, -0.1) is 0 Å². The predicted octanol–water partition coefficient (Wildman–Crippen LogP) is 4.11. The molecule has 1 amide bonds. The van der Waals surface area contributed by atoms with E-state index in [1.807, 2.05) is 24.0 Å². The largest absolute Gasteiger partial charge is 0.497 e. The number of fused-ring (bicyclic) bond motifs is 1. The van der Waals surface area contributed by atoms with E-state index in [-0.39, 0.29) is 11.7 Å². The zero-order valence-electron chi connectivity index (χ0n) is 20.3. The third kappa shape index (κ3) is 4.04. The van der Waals surface area contributed by atoms with Crippen LogP contribution in [0.5, 0.6) is 5.75 Å². The highest BCUT2D eigenvalue weighted by atomic mass is 19.1. The fourth-order valence-corrected chi connectivity index (χ4v) is 4.73. The predicted molar refractivity (Wildman–Crippen MR) is 134 cm³/mol. The summed E-state index contributed by atoms with van der Waals surface area (Å²) in [6.07, 6.45) is 2.16. The molecular weight excluding hydrogens is 459 g/mol. The Balaban J connectivity index is 1.30. The van der Waals surface area contributed by atoms with Gasteiger partial charge in [-0.2, -0.15) is 5.10 Å². The number of benzene rings is 2. The van der Waals surface area contributed by atoms with Crippen molar-refractivity contribution in [2.45, 2.75) is 25.7 Å². The Morgan fingerprint density at radius 2 is 1.67 bits per heavy atom. The van der Waals surface area contributed by atoms with Crippen molar-refractivity contribution in [3.63, 3.8) is 0 Å². The molecule has 0 unspecified atom stereocenters. The summed E-state index contributed by atoms with van der Waals surface area (Å²) in [5.41, 5.74) is 2.98. The SMILES string of the molecule is COc1ccc(C(=O)N2CCN(c3nc(C4CC4)nc4c3c(C)nn4-c3ccc(F)cc3)CC2)cc1. The summed E-state index contributed by atoms with van der Waals surface area (Å²) in [4.78, 5) is 27.1. The first-order chi connectivity index (χ1) is 17.5. The number of rotatable bonds is 5. The van der Waals surface area contributed by atoms with Crippen molar-refractivity contribution in [3.8, 4) is 11.4 Å². The molecular formula is C27H27FN6O2. The van der Waals surface area contributed by atoms with Crippen LogP contribution in [-0.4, -0.2) is 63.8 Å². The Labute approximate surface area is 208 Å². The lowest BCUT2D eigenvalue weighted by atomic mass is 10.1. The van der Waals surface area contributed by atoms with Gasteiger partial charge in [0, 0.05) is 37.7 Å². The molecule has 2 fully saturated rings. The standard InChI is InChI=1S/C27H27FN6O2/c1-17-23-25(32-13-15-33(16-14-32)27(35)19-5-11-22(36-2)12-6-19)29-24(18-3-4-18)30-26(23)34(31-17)21-9-7-20(28)8-10-21/h5-12,18H,3-4,13-16H2,1-2H3. The number of nitrogens with zero attached hydrogens (tertiary/aromatic N) is 6. The number of aromatic nitrogens is 4. The van der Waals surface area contributed by atoms with E-state index in [1.165, 1.54) is 12.1 Å². The summed E-state index contributed by atoms with van der Waals surface area (Å²) in [6.45, 7) is 4.48. The number of hydrogen-bond acceptors (Lipinski definition) is 6. The number of aryl methyl sites for hydroxylation is 1. The Morgan fingerprint density at radius 3 is 2.31 bits per heavy atom. The molecule has 1 aliphatic carbocycles. The van der Waals surface area contributed by atoms with Gasteiger partial charge in [-0.3, -0.25) is 4.79 Å². The van der Waals surface area contributed by atoms with Crippen LogP contribution in [0.2, 0.25) is 0 Å². The van der Waals surface area contributed by atoms with Gasteiger partial charge in [-0.25, -0.2) is 19.0 Å². The van der Waals surface area contributed by atoms with Gasteiger partial charge in [0.25, 0.3) is 5.91 Å². The van der Waals surface area contributed by atoms with Gasteiger partial charge < -0.3 is 14.5 Å². The monoisotopic (exact) mass is 486 g/mol. The molecule has 1 saturated heterocycles. The zero-order chi connectivity index (χ0) is 24.8. The van der Waals surface area contributed by atoms with E-state index in [9.17, 15) is 9.18 Å². The molecule has 1 saturated carbocycles. The average molecular weight is 487 g/mol. The van der Waals surface area contributed by atoms with E-state index in [4.69, 9.17) is 19.8 Å². The second-order valence-corrected chi connectivity index (χ2v) is 9.36. The highest BCUT2D eigenvalue weighted by Crippen LogP contribution is 2.40. The Morgan fingerprint density at radius 1 is 0.972 bits per heavy atom. The van der Waals surface area contributed by atoms with Crippen LogP contribution in [0.15, 0.2) is 48.5 Å². The van der Waals surface area contributed by atoms with Crippen molar-refractivity contribution < 1.29 is 13.9 Å². The van der Waals surface area contributed by atoms with Crippen LogP contribution < -0.4 is 9.64 Å². The van der Waals surface area contributed by atoms with Crippen LogP contribution in [0.25, 0.3) is 16.7 Å². The topological polar surface area (TPSA) is 76.4 Å². The fraction of sp³-hybridized carbons (Fsp3) is 0.333. The number of amides is 1. The second-order valence-electron chi connectivity index (χ2n) is 9.36. The van der Waals surface area contributed by atoms with Gasteiger partial charge in [-0.05, 0) is 68.3 Å². The maximum Gasteiger partial charge on any atom is 0.253 e. The number of methoxy groups -OCH3 is 1. The lowest BCUT2D eigenvalue weighted by Crippen LogP contribution is -2.49. The van der Waals surface area contributed by atoms with Crippen LogP contribution >= 0.6 is 0 Å². The van der Waals surface area contributed by atoms with E-state index >= 15 is 0 Å². The number of hydrogen-bond donors (Lipinski definition) is 0. The fourth-order valence-electron chi connectivity index (χ4n) is 4.73. The summed E-state index contributed by atoms with van der Waals surface area (Å²) < 4.78 is 20.5. The van der Waals surface area contributed by atoms with E-state index in [0.717, 1.165) is 52.6 Å². The van der Waals surface area contributed by atoms with Gasteiger partial charge in [0.15, 0.2) is 5.65 Å². The quantitative estimate of drug-likeness (QED) is 0.423. The molecule has 9 heteroatoms. The third-order valence-electron chi connectivity index (χ3n) is 6.92. The second kappa shape index (κ2) is 8.89. The molecule has 2 aliphatic rings. The smallest absolute Gasteiger partial charge is 0.253 e. The summed E-state index contributed by atoms with van der Waals surface area (Å²) in [5, 5.41) is 5.65. The Kier molecular flexibility index (Phi) is 5.55. The molecule has 0 N–H and O–H groups in total. The van der Waals surface area contributed by atoms with Crippen molar-refractivity contribution in [2.24, 2.45) is 0 Å². The first kappa shape index (κ1) is 22.5. The number of carbonyl (C=O) groups excluding carboxylic acids is 1. The average Bonchev–Trinajstić information content (AvgIpc) is 3.72.